The predicted octanol–water partition coefficient (Wildman–Crippen LogP) is 2.39. The lowest BCUT2D eigenvalue weighted by molar-refractivity contribution is -0.124. The monoisotopic (exact) mass is 406 g/mol. The highest BCUT2D eigenvalue weighted by Crippen LogP contribution is 2.21. The Morgan fingerprint density at radius 2 is 1.83 bits per heavy atom. The number of amides is 1. The van der Waals surface area contributed by atoms with E-state index >= 15 is 0 Å². The van der Waals surface area contributed by atoms with Crippen LogP contribution in [0, 0.1) is 0 Å². The van der Waals surface area contributed by atoms with Crippen molar-refractivity contribution in [2.75, 3.05) is 19.8 Å². The van der Waals surface area contributed by atoms with E-state index in [1.54, 1.807) is 4.68 Å². The number of ether oxygens (including phenoxy) is 2. The van der Waals surface area contributed by atoms with Crippen molar-refractivity contribution >= 4 is 11.9 Å². The summed E-state index contributed by atoms with van der Waals surface area (Å²) in [5.41, 5.74) is 1.57. The molecule has 4 rings (SSSR count). The summed E-state index contributed by atoms with van der Waals surface area (Å²) in [5, 5.41) is 7.04. The molecule has 1 amide bonds. The second kappa shape index (κ2) is 9.32. The van der Waals surface area contributed by atoms with Crippen molar-refractivity contribution in [1.29, 1.82) is 0 Å². The third-order valence-corrected chi connectivity index (χ3v) is 4.71. The normalized spacial score (nSPS) is 15.7. The Bertz CT molecular complexity index is 941. The maximum Gasteiger partial charge on any atom is 0.378 e. The molecule has 1 fully saturated rings. The van der Waals surface area contributed by atoms with Crippen molar-refractivity contribution in [2.45, 2.75) is 18.9 Å². The molecule has 1 aromatic heterocycles. The fraction of sp³-hybridized carbons (Fsp3) is 0.273. The van der Waals surface area contributed by atoms with Crippen molar-refractivity contribution in [3.63, 3.8) is 0 Å². The number of hydrogen-bond acceptors (Lipinski definition) is 6. The molecule has 1 atom stereocenters. The minimum atomic E-state index is -0.755. The molecule has 8 heteroatoms. The SMILES string of the molecule is O=C(COC(=O)c1nc(-c2ccccc2)n(-c2ccccc2)n1)NCC1CCCO1. The van der Waals surface area contributed by atoms with Crippen LogP contribution in [-0.2, 0) is 14.3 Å². The molecule has 2 heterocycles. The van der Waals surface area contributed by atoms with Crippen LogP contribution in [-0.4, -0.2) is 52.5 Å². The van der Waals surface area contributed by atoms with Crippen molar-refractivity contribution in [2.24, 2.45) is 0 Å². The van der Waals surface area contributed by atoms with Gasteiger partial charge in [-0.2, -0.15) is 0 Å². The molecular formula is C22H22N4O4. The number of benzene rings is 2. The average molecular weight is 406 g/mol. The molecule has 1 saturated heterocycles. The summed E-state index contributed by atoms with van der Waals surface area (Å²) >= 11 is 0. The van der Waals surface area contributed by atoms with Gasteiger partial charge in [-0.1, -0.05) is 48.5 Å². The van der Waals surface area contributed by atoms with Gasteiger partial charge in [-0.05, 0) is 25.0 Å². The molecule has 1 aliphatic heterocycles. The third kappa shape index (κ3) is 4.72. The number of carbonyl (C=O) groups is 2. The van der Waals surface area contributed by atoms with E-state index in [9.17, 15) is 9.59 Å². The zero-order valence-corrected chi connectivity index (χ0v) is 16.4. The number of aromatic nitrogens is 3. The summed E-state index contributed by atoms with van der Waals surface area (Å²) in [7, 11) is 0. The van der Waals surface area contributed by atoms with Gasteiger partial charge in [0.2, 0.25) is 0 Å². The van der Waals surface area contributed by atoms with Gasteiger partial charge in [-0.15, -0.1) is 5.10 Å². The van der Waals surface area contributed by atoms with E-state index in [0.29, 0.717) is 12.4 Å². The Morgan fingerprint density at radius 3 is 2.53 bits per heavy atom. The molecule has 2 aromatic carbocycles. The standard InChI is InChI=1S/C22H22N4O4/c27-19(23-14-18-12-7-13-29-18)15-30-22(28)20-24-21(16-8-3-1-4-9-16)26(25-20)17-10-5-2-6-11-17/h1-6,8-11,18H,7,12-15H2,(H,23,27). The van der Waals surface area contributed by atoms with Crippen LogP contribution in [0.1, 0.15) is 23.5 Å². The zero-order chi connectivity index (χ0) is 20.8. The molecule has 3 aromatic rings. The summed E-state index contributed by atoms with van der Waals surface area (Å²) in [5.74, 6) is -0.736. The van der Waals surface area contributed by atoms with Gasteiger partial charge in [0, 0.05) is 18.7 Å². The van der Waals surface area contributed by atoms with Crippen LogP contribution in [0.4, 0.5) is 0 Å². The topological polar surface area (TPSA) is 95.3 Å². The highest BCUT2D eigenvalue weighted by atomic mass is 16.5. The smallest absolute Gasteiger partial charge is 0.378 e. The Morgan fingerprint density at radius 1 is 1.10 bits per heavy atom. The van der Waals surface area contributed by atoms with Gasteiger partial charge in [0.05, 0.1) is 11.8 Å². The molecule has 8 nitrogen and oxygen atoms in total. The first-order valence-electron chi connectivity index (χ1n) is 9.84. The predicted molar refractivity (Wildman–Crippen MR) is 109 cm³/mol. The number of esters is 1. The number of hydrogen-bond donors (Lipinski definition) is 1. The number of carbonyl (C=O) groups excluding carboxylic acids is 2. The number of rotatable bonds is 7. The minimum Gasteiger partial charge on any atom is -0.450 e. The summed E-state index contributed by atoms with van der Waals surface area (Å²) in [4.78, 5) is 28.8. The Kier molecular flexibility index (Phi) is 6.14. The molecule has 154 valence electrons. The fourth-order valence-corrected chi connectivity index (χ4v) is 3.20. The third-order valence-electron chi connectivity index (χ3n) is 4.71. The quantitative estimate of drug-likeness (QED) is 0.606. The molecular weight excluding hydrogens is 384 g/mol. The maximum absolute atomic E-state index is 12.5. The van der Waals surface area contributed by atoms with E-state index < -0.39 is 12.6 Å². The van der Waals surface area contributed by atoms with Gasteiger partial charge in [0.15, 0.2) is 12.4 Å². The second-order valence-electron chi connectivity index (χ2n) is 6.89. The lowest BCUT2D eigenvalue weighted by Gasteiger charge is -2.10. The Hall–Kier alpha value is -3.52. The van der Waals surface area contributed by atoms with Crippen molar-refractivity contribution in [1.82, 2.24) is 20.1 Å². The van der Waals surface area contributed by atoms with Crippen molar-refractivity contribution in [3.8, 4) is 17.1 Å². The highest BCUT2D eigenvalue weighted by molar-refractivity contribution is 5.88. The van der Waals surface area contributed by atoms with Gasteiger partial charge in [-0.3, -0.25) is 4.79 Å². The average Bonchev–Trinajstić information content (AvgIpc) is 3.47. The van der Waals surface area contributed by atoms with E-state index in [0.717, 1.165) is 30.7 Å². The Labute approximate surface area is 173 Å². The van der Waals surface area contributed by atoms with Gasteiger partial charge < -0.3 is 14.8 Å². The molecule has 1 unspecified atom stereocenters. The van der Waals surface area contributed by atoms with E-state index in [4.69, 9.17) is 9.47 Å². The molecule has 0 radical (unpaired) electrons. The molecule has 30 heavy (non-hydrogen) atoms. The maximum atomic E-state index is 12.5. The van der Waals surface area contributed by atoms with Crippen molar-refractivity contribution < 1.29 is 19.1 Å². The van der Waals surface area contributed by atoms with Crippen LogP contribution >= 0.6 is 0 Å². The molecule has 0 spiro atoms. The number of nitrogens with one attached hydrogen (secondary N) is 1. The summed E-state index contributed by atoms with van der Waals surface area (Å²) in [6.07, 6.45) is 1.94. The highest BCUT2D eigenvalue weighted by Gasteiger charge is 2.21. The van der Waals surface area contributed by atoms with E-state index in [1.165, 1.54) is 0 Å². The molecule has 0 saturated carbocycles. The minimum absolute atomic E-state index is 0.0290. The largest absolute Gasteiger partial charge is 0.450 e. The second-order valence-corrected chi connectivity index (χ2v) is 6.89. The van der Waals surface area contributed by atoms with Crippen LogP contribution in [0.5, 0.6) is 0 Å². The van der Waals surface area contributed by atoms with Gasteiger partial charge in [-0.25, -0.2) is 14.5 Å². The summed E-state index contributed by atoms with van der Waals surface area (Å²) < 4.78 is 12.2. The van der Waals surface area contributed by atoms with Gasteiger partial charge in [0.25, 0.3) is 11.7 Å². The van der Waals surface area contributed by atoms with Crippen LogP contribution in [0.15, 0.2) is 60.7 Å². The first kappa shape index (κ1) is 19.8. The molecule has 1 N–H and O–H groups in total. The first-order chi connectivity index (χ1) is 14.7. The first-order valence-corrected chi connectivity index (χ1v) is 9.84. The Balaban J connectivity index is 1.46. The lowest BCUT2D eigenvalue weighted by atomic mass is 10.2. The molecule has 0 bridgehead atoms. The number of nitrogens with zero attached hydrogens (tertiary/aromatic N) is 3. The van der Waals surface area contributed by atoms with Crippen LogP contribution < -0.4 is 5.32 Å². The van der Waals surface area contributed by atoms with Gasteiger partial charge >= 0.3 is 5.97 Å². The van der Waals surface area contributed by atoms with E-state index in [1.807, 2.05) is 60.7 Å². The lowest BCUT2D eigenvalue weighted by Crippen LogP contribution is -2.34. The van der Waals surface area contributed by atoms with Crippen LogP contribution in [0.2, 0.25) is 0 Å². The van der Waals surface area contributed by atoms with E-state index in [-0.39, 0.29) is 17.8 Å². The van der Waals surface area contributed by atoms with Crippen LogP contribution in [0.25, 0.3) is 17.1 Å². The number of para-hydroxylation sites is 1. The summed E-state index contributed by atoms with van der Waals surface area (Å²) in [6, 6.07) is 18.8. The van der Waals surface area contributed by atoms with E-state index in [2.05, 4.69) is 15.4 Å². The van der Waals surface area contributed by atoms with Crippen molar-refractivity contribution in [3.05, 3.63) is 66.5 Å². The molecule has 0 aliphatic carbocycles. The summed E-state index contributed by atoms with van der Waals surface area (Å²) in [6.45, 7) is 0.733. The van der Waals surface area contributed by atoms with Gasteiger partial charge in [0.1, 0.15) is 0 Å². The van der Waals surface area contributed by atoms with Crippen LogP contribution in [0.3, 0.4) is 0 Å². The zero-order valence-electron chi connectivity index (χ0n) is 16.4. The molecule has 1 aliphatic rings. The fourth-order valence-electron chi connectivity index (χ4n) is 3.20.